The van der Waals surface area contributed by atoms with E-state index in [1.807, 2.05) is 0 Å². The Morgan fingerprint density at radius 2 is 1.61 bits per heavy atom. The fraction of sp³-hybridized carbons (Fsp3) is 0.290. The Morgan fingerprint density at radius 3 is 2.27 bits per heavy atom. The lowest BCUT2D eigenvalue weighted by atomic mass is 9.95. The van der Waals surface area contributed by atoms with E-state index in [1.54, 1.807) is 12.1 Å². The molecule has 2 saturated carbocycles. The standard InChI is InChI=1S/C31H28F2N2O5S/c1-34-31(37)28-25-14-23(17-5-8-26(33)24(12-17)30(36)35-22-10-18-9-19(18)11-22)20(15-41(2,38)39)13-27(25)40-29(28)16-3-6-21(32)7-4-16/h3-8,12-14,18-19,22H,9-11,15H2,1-2H3,(H,34,37)(H,35,36). The molecule has 212 valence electrons. The summed E-state index contributed by atoms with van der Waals surface area (Å²) in [6.07, 6.45) is 4.08. The van der Waals surface area contributed by atoms with Gasteiger partial charge in [0.05, 0.1) is 16.9 Å². The summed E-state index contributed by atoms with van der Waals surface area (Å²) in [7, 11) is -2.06. The summed E-state index contributed by atoms with van der Waals surface area (Å²) in [4.78, 5) is 26.1. The van der Waals surface area contributed by atoms with Crippen LogP contribution < -0.4 is 10.6 Å². The van der Waals surface area contributed by atoms with Crippen molar-refractivity contribution in [1.82, 2.24) is 10.6 Å². The van der Waals surface area contributed by atoms with Gasteiger partial charge < -0.3 is 15.1 Å². The van der Waals surface area contributed by atoms with Crippen molar-refractivity contribution in [3.05, 3.63) is 82.9 Å². The zero-order chi connectivity index (χ0) is 29.1. The Balaban J connectivity index is 1.49. The monoisotopic (exact) mass is 578 g/mol. The van der Waals surface area contributed by atoms with E-state index in [2.05, 4.69) is 10.6 Å². The van der Waals surface area contributed by atoms with Crippen LogP contribution in [0.25, 0.3) is 33.4 Å². The van der Waals surface area contributed by atoms with Gasteiger partial charge in [-0.15, -0.1) is 0 Å². The summed E-state index contributed by atoms with van der Waals surface area (Å²) >= 11 is 0. The topological polar surface area (TPSA) is 105 Å². The van der Waals surface area contributed by atoms with E-state index < -0.39 is 33.3 Å². The van der Waals surface area contributed by atoms with Crippen molar-refractivity contribution in [2.24, 2.45) is 11.8 Å². The van der Waals surface area contributed by atoms with Gasteiger partial charge in [-0.1, -0.05) is 6.07 Å². The first-order chi connectivity index (χ1) is 19.5. The highest BCUT2D eigenvalue weighted by atomic mass is 32.2. The van der Waals surface area contributed by atoms with Crippen molar-refractivity contribution < 1.29 is 31.2 Å². The molecular formula is C31H28F2N2O5S. The van der Waals surface area contributed by atoms with Gasteiger partial charge in [0.2, 0.25) is 0 Å². The number of furan rings is 1. The lowest BCUT2D eigenvalue weighted by Crippen LogP contribution is -2.34. The van der Waals surface area contributed by atoms with Crippen molar-refractivity contribution >= 4 is 32.6 Å². The molecule has 2 atom stereocenters. The maximum Gasteiger partial charge on any atom is 0.255 e. The molecule has 0 bridgehead atoms. The normalized spacial score (nSPS) is 19.7. The van der Waals surface area contributed by atoms with E-state index in [0.29, 0.717) is 39.5 Å². The number of benzene rings is 3. The maximum absolute atomic E-state index is 14.9. The van der Waals surface area contributed by atoms with Gasteiger partial charge in [-0.25, -0.2) is 17.2 Å². The van der Waals surface area contributed by atoms with Gasteiger partial charge in [0.25, 0.3) is 11.8 Å². The van der Waals surface area contributed by atoms with Crippen LogP contribution in [0.15, 0.2) is 59.0 Å². The van der Waals surface area contributed by atoms with Crippen molar-refractivity contribution in [1.29, 1.82) is 0 Å². The molecule has 0 aliphatic heterocycles. The van der Waals surface area contributed by atoms with Crippen LogP contribution >= 0.6 is 0 Å². The summed E-state index contributed by atoms with van der Waals surface area (Å²) in [5, 5.41) is 5.92. The van der Waals surface area contributed by atoms with Crippen LogP contribution in [0, 0.1) is 23.5 Å². The van der Waals surface area contributed by atoms with Gasteiger partial charge in [-0.2, -0.15) is 0 Å². The fourth-order valence-electron chi connectivity index (χ4n) is 5.97. The molecule has 0 spiro atoms. The summed E-state index contributed by atoms with van der Waals surface area (Å²) in [6, 6.07) is 12.7. The van der Waals surface area contributed by atoms with Crippen LogP contribution in [0.3, 0.4) is 0 Å². The molecule has 0 radical (unpaired) electrons. The average Bonchev–Trinajstić information content (AvgIpc) is 3.36. The quantitative estimate of drug-likeness (QED) is 0.302. The van der Waals surface area contributed by atoms with Gasteiger partial charge in [-0.3, -0.25) is 9.59 Å². The van der Waals surface area contributed by atoms with Crippen molar-refractivity contribution in [2.75, 3.05) is 13.3 Å². The predicted molar refractivity (Wildman–Crippen MR) is 151 cm³/mol. The van der Waals surface area contributed by atoms with Crippen LogP contribution in [0.5, 0.6) is 0 Å². The third kappa shape index (κ3) is 5.36. The highest BCUT2D eigenvalue weighted by Crippen LogP contribution is 2.51. The molecule has 41 heavy (non-hydrogen) atoms. The van der Waals surface area contributed by atoms with E-state index >= 15 is 0 Å². The van der Waals surface area contributed by atoms with Gasteiger partial charge in [-0.05, 0) is 96.3 Å². The summed E-state index contributed by atoms with van der Waals surface area (Å²) in [6.45, 7) is 0. The second kappa shape index (κ2) is 10.1. The molecule has 1 heterocycles. The molecule has 1 aromatic heterocycles. The third-order valence-electron chi connectivity index (χ3n) is 7.99. The van der Waals surface area contributed by atoms with Crippen LogP contribution in [-0.4, -0.2) is 39.6 Å². The second-order valence-electron chi connectivity index (χ2n) is 11.1. The molecule has 2 fully saturated rings. The predicted octanol–water partition coefficient (Wildman–Crippen LogP) is 5.48. The molecule has 6 rings (SSSR count). The Kier molecular flexibility index (Phi) is 6.68. The van der Waals surface area contributed by atoms with Gasteiger partial charge in [0.15, 0.2) is 9.84 Å². The molecule has 4 aromatic rings. The lowest BCUT2D eigenvalue weighted by Gasteiger charge is -2.16. The number of nitrogens with one attached hydrogen (secondary N) is 2. The number of sulfone groups is 1. The average molecular weight is 579 g/mol. The van der Waals surface area contributed by atoms with Crippen molar-refractivity contribution in [2.45, 2.75) is 31.1 Å². The Labute approximate surface area is 235 Å². The molecule has 3 aromatic carbocycles. The number of carbonyl (C=O) groups is 2. The smallest absolute Gasteiger partial charge is 0.255 e. The SMILES string of the molecule is CNC(=O)c1c(-c2ccc(F)cc2)oc2cc(CS(C)(=O)=O)c(-c3ccc(F)c(C(=O)NC4CC5CC5C4)c3)cc12. The molecule has 10 heteroatoms. The molecule has 2 amide bonds. The van der Waals surface area contributed by atoms with Crippen LogP contribution in [0.2, 0.25) is 0 Å². The first kappa shape index (κ1) is 27.1. The van der Waals surface area contributed by atoms with Crippen LogP contribution in [-0.2, 0) is 15.6 Å². The highest BCUT2D eigenvalue weighted by molar-refractivity contribution is 7.89. The summed E-state index contributed by atoms with van der Waals surface area (Å²) in [5.74, 6) is -0.997. The minimum absolute atomic E-state index is 0.0115. The Hall–Kier alpha value is -4.05. The third-order valence-corrected chi connectivity index (χ3v) is 8.83. The van der Waals surface area contributed by atoms with E-state index in [-0.39, 0.29) is 34.3 Å². The van der Waals surface area contributed by atoms with E-state index in [4.69, 9.17) is 4.42 Å². The molecule has 2 aliphatic rings. The van der Waals surface area contributed by atoms with Gasteiger partial charge in [0.1, 0.15) is 23.0 Å². The van der Waals surface area contributed by atoms with Crippen LogP contribution in [0.1, 0.15) is 45.5 Å². The number of amides is 2. The Bertz CT molecular complexity index is 1800. The summed E-state index contributed by atoms with van der Waals surface area (Å²) < 4.78 is 59.4. The fourth-order valence-corrected chi connectivity index (χ4v) is 6.78. The second-order valence-corrected chi connectivity index (χ2v) is 13.2. The molecular weight excluding hydrogens is 550 g/mol. The van der Waals surface area contributed by atoms with Crippen LogP contribution in [0.4, 0.5) is 8.78 Å². The first-order valence-corrected chi connectivity index (χ1v) is 15.4. The number of hydrogen-bond donors (Lipinski definition) is 2. The molecule has 7 nitrogen and oxygen atoms in total. The minimum Gasteiger partial charge on any atom is -0.455 e. The number of carbonyl (C=O) groups excluding carboxylic acids is 2. The first-order valence-electron chi connectivity index (χ1n) is 13.4. The van der Waals surface area contributed by atoms with E-state index in [9.17, 15) is 26.8 Å². The lowest BCUT2D eigenvalue weighted by molar-refractivity contribution is 0.0929. The van der Waals surface area contributed by atoms with Crippen molar-refractivity contribution in [3.8, 4) is 22.5 Å². The maximum atomic E-state index is 14.9. The van der Waals surface area contributed by atoms with Gasteiger partial charge >= 0.3 is 0 Å². The minimum atomic E-state index is -3.53. The molecule has 2 aliphatic carbocycles. The largest absolute Gasteiger partial charge is 0.455 e. The number of fused-ring (bicyclic) bond motifs is 2. The van der Waals surface area contributed by atoms with E-state index in [0.717, 1.165) is 19.1 Å². The van der Waals surface area contributed by atoms with Crippen molar-refractivity contribution in [3.63, 3.8) is 0 Å². The zero-order valence-corrected chi connectivity index (χ0v) is 23.3. The number of rotatable bonds is 7. The number of halogens is 2. The summed E-state index contributed by atoms with van der Waals surface area (Å²) in [5.41, 5.74) is 1.94. The Morgan fingerprint density at radius 1 is 0.927 bits per heavy atom. The zero-order valence-electron chi connectivity index (χ0n) is 22.5. The molecule has 2 N–H and O–H groups in total. The highest BCUT2D eigenvalue weighted by Gasteiger charge is 2.46. The number of hydrogen-bond acceptors (Lipinski definition) is 5. The molecule has 2 unspecified atom stereocenters. The molecule has 0 saturated heterocycles. The van der Waals surface area contributed by atoms with Gasteiger partial charge in [0, 0.05) is 30.3 Å². The van der Waals surface area contributed by atoms with E-state index in [1.165, 1.54) is 55.9 Å².